The summed E-state index contributed by atoms with van der Waals surface area (Å²) in [7, 11) is -3.67. The topological polar surface area (TPSA) is 125 Å². The van der Waals surface area contributed by atoms with E-state index in [1.165, 1.54) is 22.4 Å². The molecule has 0 aromatic carbocycles. The van der Waals surface area contributed by atoms with E-state index in [2.05, 4.69) is 20.3 Å². The Balaban J connectivity index is 1.59. The minimum Gasteiger partial charge on any atom is -0.360 e. The van der Waals surface area contributed by atoms with Crippen molar-refractivity contribution >= 4 is 27.7 Å². The predicted molar refractivity (Wildman–Crippen MR) is 88.4 cm³/mol. The maximum absolute atomic E-state index is 12.7. The average Bonchev–Trinajstić information content (AvgIpc) is 3.22. The van der Waals surface area contributed by atoms with Crippen LogP contribution in [0.2, 0.25) is 0 Å². The fourth-order valence-electron chi connectivity index (χ4n) is 2.64. The van der Waals surface area contributed by atoms with Gasteiger partial charge < -0.3 is 9.42 Å². The number of rotatable bonds is 5. The van der Waals surface area contributed by atoms with E-state index in [1.54, 1.807) is 18.7 Å². The molecular weight excluding hydrogens is 368 g/mol. The van der Waals surface area contributed by atoms with Crippen LogP contribution in [0.3, 0.4) is 0 Å². The lowest BCUT2D eigenvalue weighted by Gasteiger charge is -2.33. The maximum atomic E-state index is 12.7. The van der Waals surface area contributed by atoms with Crippen molar-refractivity contribution in [3.63, 3.8) is 0 Å². The highest BCUT2D eigenvalue weighted by Gasteiger charge is 2.34. The molecule has 1 aliphatic heterocycles. The molecule has 0 unspecified atom stereocenters. The van der Waals surface area contributed by atoms with E-state index in [0.29, 0.717) is 23.9 Å². The van der Waals surface area contributed by atoms with Crippen molar-refractivity contribution in [2.45, 2.75) is 23.9 Å². The standard InChI is InChI=1S/C13H18N6O4S2/c1-9-12(10(2)23-17-9)25(21,22)19-5-3-18(4-6-19)11(20)7-24-13-14-8-15-16-13/h8H,3-7H2,1-2H3,(H,14,15,16). The number of hydrogen-bond acceptors (Lipinski definition) is 8. The number of thioether (sulfide) groups is 1. The van der Waals surface area contributed by atoms with E-state index >= 15 is 0 Å². The molecule has 2 aromatic heterocycles. The fourth-order valence-corrected chi connectivity index (χ4v) is 5.03. The summed E-state index contributed by atoms with van der Waals surface area (Å²) < 4.78 is 31.8. The van der Waals surface area contributed by atoms with Crippen LogP contribution < -0.4 is 0 Å². The van der Waals surface area contributed by atoms with Crippen molar-refractivity contribution in [3.8, 4) is 0 Å². The molecule has 2 aromatic rings. The summed E-state index contributed by atoms with van der Waals surface area (Å²) in [6.07, 6.45) is 1.38. The molecule has 1 fully saturated rings. The Bertz CT molecular complexity index is 821. The quantitative estimate of drug-likeness (QED) is 0.714. The van der Waals surface area contributed by atoms with Gasteiger partial charge in [0.2, 0.25) is 15.9 Å². The van der Waals surface area contributed by atoms with Crippen LogP contribution in [-0.4, -0.2) is 75.8 Å². The molecule has 0 radical (unpaired) electrons. The van der Waals surface area contributed by atoms with Crippen LogP contribution in [0.1, 0.15) is 11.5 Å². The van der Waals surface area contributed by atoms with Gasteiger partial charge in [-0.3, -0.25) is 9.89 Å². The van der Waals surface area contributed by atoms with E-state index in [-0.39, 0.29) is 35.4 Å². The summed E-state index contributed by atoms with van der Waals surface area (Å²) in [5.74, 6) is 0.446. The monoisotopic (exact) mass is 386 g/mol. The average molecular weight is 386 g/mol. The Morgan fingerprint density at radius 2 is 2.04 bits per heavy atom. The van der Waals surface area contributed by atoms with E-state index in [1.807, 2.05) is 0 Å². The highest BCUT2D eigenvalue weighted by Crippen LogP contribution is 2.24. The molecule has 1 saturated heterocycles. The minimum absolute atomic E-state index is 0.0595. The largest absolute Gasteiger partial charge is 0.360 e. The number of nitrogens with zero attached hydrogens (tertiary/aromatic N) is 5. The van der Waals surface area contributed by atoms with Gasteiger partial charge in [0.1, 0.15) is 16.9 Å². The van der Waals surface area contributed by atoms with Crippen LogP contribution in [-0.2, 0) is 14.8 Å². The van der Waals surface area contributed by atoms with Crippen LogP contribution in [0.5, 0.6) is 0 Å². The van der Waals surface area contributed by atoms with Crippen LogP contribution in [0.15, 0.2) is 20.9 Å². The zero-order valence-corrected chi connectivity index (χ0v) is 15.4. The van der Waals surface area contributed by atoms with Gasteiger partial charge in [-0.25, -0.2) is 13.4 Å². The third kappa shape index (κ3) is 3.70. The number of aryl methyl sites for hydroxylation is 2. The smallest absolute Gasteiger partial charge is 0.248 e. The number of aromatic nitrogens is 4. The van der Waals surface area contributed by atoms with Crippen LogP contribution in [0.25, 0.3) is 0 Å². The van der Waals surface area contributed by atoms with Crippen LogP contribution >= 0.6 is 11.8 Å². The second-order valence-electron chi connectivity index (χ2n) is 5.52. The minimum atomic E-state index is -3.67. The Morgan fingerprint density at radius 1 is 1.32 bits per heavy atom. The molecular formula is C13H18N6O4S2. The Labute approximate surface area is 149 Å². The number of aromatic amines is 1. The summed E-state index contributed by atoms with van der Waals surface area (Å²) in [4.78, 5) is 18.0. The second kappa shape index (κ2) is 7.14. The summed E-state index contributed by atoms with van der Waals surface area (Å²) in [6, 6.07) is 0. The highest BCUT2D eigenvalue weighted by molar-refractivity contribution is 7.99. The summed E-state index contributed by atoms with van der Waals surface area (Å²) in [5.41, 5.74) is 0.347. The van der Waals surface area contributed by atoms with Gasteiger partial charge in [-0.15, -0.1) is 0 Å². The van der Waals surface area contributed by atoms with Gasteiger partial charge in [0.25, 0.3) is 0 Å². The van der Waals surface area contributed by atoms with Gasteiger partial charge >= 0.3 is 0 Å². The van der Waals surface area contributed by atoms with Gasteiger partial charge in [0.15, 0.2) is 10.9 Å². The number of carbonyl (C=O) groups excluding carboxylic acids is 1. The SMILES string of the molecule is Cc1noc(C)c1S(=O)(=O)N1CCN(C(=O)CSc2ncn[nH]2)CC1. The van der Waals surface area contributed by atoms with Gasteiger partial charge in [-0.2, -0.15) is 9.40 Å². The highest BCUT2D eigenvalue weighted by atomic mass is 32.2. The lowest BCUT2D eigenvalue weighted by atomic mass is 10.3. The molecule has 0 bridgehead atoms. The van der Waals surface area contributed by atoms with E-state index in [9.17, 15) is 13.2 Å². The predicted octanol–water partition coefficient (Wildman–Crippen LogP) is 0.0347. The summed E-state index contributed by atoms with van der Waals surface area (Å²) in [5, 5.41) is 10.7. The molecule has 25 heavy (non-hydrogen) atoms. The lowest BCUT2D eigenvalue weighted by Crippen LogP contribution is -2.51. The van der Waals surface area contributed by atoms with Crippen molar-refractivity contribution in [1.82, 2.24) is 29.5 Å². The number of amides is 1. The molecule has 1 amide bonds. The van der Waals surface area contributed by atoms with Gasteiger partial charge in [-0.1, -0.05) is 16.9 Å². The first-order chi connectivity index (χ1) is 11.9. The molecule has 10 nitrogen and oxygen atoms in total. The van der Waals surface area contributed by atoms with Gasteiger partial charge in [0, 0.05) is 26.2 Å². The third-order valence-electron chi connectivity index (χ3n) is 3.88. The number of sulfonamides is 1. The molecule has 0 spiro atoms. The Hall–Kier alpha value is -1.92. The maximum Gasteiger partial charge on any atom is 0.248 e. The first kappa shape index (κ1) is 17.9. The molecule has 136 valence electrons. The zero-order chi connectivity index (χ0) is 18.0. The zero-order valence-electron chi connectivity index (χ0n) is 13.8. The van der Waals surface area contributed by atoms with Crippen molar-refractivity contribution in [2.24, 2.45) is 0 Å². The van der Waals surface area contributed by atoms with Crippen molar-refractivity contribution in [2.75, 3.05) is 31.9 Å². The third-order valence-corrected chi connectivity index (χ3v) is 6.89. The van der Waals surface area contributed by atoms with E-state index < -0.39 is 10.0 Å². The molecule has 12 heteroatoms. The van der Waals surface area contributed by atoms with Crippen molar-refractivity contribution < 1.29 is 17.7 Å². The van der Waals surface area contributed by atoms with E-state index in [0.717, 1.165) is 0 Å². The first-order valence-electron chi connectivity index (χ1n) is 7.58. The molecule has 0 atom stereocenters. The second-order valence-corrected chi connectivity index (χ2v) is 8.36. The molecule has 1 aliphatic rings. The summed E-state index contributed by atoms with van der Waals surface area (Å²) in [6.45, 7) is 4.35. The van der Waals surface area contributed by atoms with E-state index in [4.69, 9.17) is 4.52 Å². The van der Waals surface area contributed by atoms with Crippen molar-refractivity contribution in [3.05, 3.63) is 17.8 Å². The number of H-pyrrole nitrogens is 1. The Morgan fingerprint density at radius 3 is 2.60 bits per heavy atom. The molecule has 0 saturated carbocycles. The molecule has 3 heterocycles. The van der Waals surface area contributed by atoms with Crippen molar-refractivity contribution in [1.29, 1.82) is 0 Å². The lowest BCUT2D eigenvalue weighted by molar-refractivity contribution is -0.129. The molecule has 0 aliphatic carbocycles. The van der Waals surface area contributed by atoms with Crippen LogP contribution in [0, 0.1) is 13.8 Å². The molecule has 1 N–H and O–H groups in total. The van der Waals surface area contributed by atoms with Gasteiger partial charge in [-0.05, 0) is 13.8 Å². The molecule has 3 rings (SSSR count). The number of carbonyl (C=O) groups is 1. The Kier molecular flexibility index (Phi) is 5.11. The number of piperazine rings is 1. The fraction of sp³-hybridized carbons (Fsp3) is 0.538. The normalized spacial score (nSPS) is 16.3. The number of nitrogens with one attached hydrogen (secondary N) is 1. The van der Waals surface area contributed by atoms with Gasteiger partial charge in [0.05, 0.1) is 5.75 Å². The first-order valence-corrected chi connectivity index (χ1v) is 10.0. The number of hydrogen-bond donors (Lipinski definition) is 1. The van der Waals surface area contributed by atoms with Crippen LogP contribution in [0.4, 0.5) is 0 Å². The summed E-state index contributed by atoms with van der Waals surface area (Å²) >= 11 is 1.26.